The predicted molar refractivity (Wildman–Crippen MR) is 99.4 cm³/mol. The highest BCUT2D eigenvalue weighted by molar-refractivity contribution is 7.17. The van der Waals surface area contributed by atoms with E-state index in [9.17, 15) is 4.79 Å². The minimum atomic E-state index is -0.714. The van der Waals surface area contributed by atoms with Gasteiger partial charge in [-0.3, -0.25) is 4.79 Å². The molecule has 0 radical (unpaired) electrons. The summed E-state index contributed by atoms with van der Waals surface area (Å²) in [6, 6.07) is 11.3. The Labute approximate surface area is 155 Å². The first-order chi connectivity index (χ1) is 12.8. The van der Waals surface area contributed by atoms with Crippen molar-refractivity contribution in [2.45, 2.75) is 6.10 Å². The van der Waals surface area contributed by atoms with Crippen LogP contribution in [0, 0.1) is 0 Å². The summed E-state index contributed by atoms with van der Waals surface area (Å²) in [5.74, 6) is 0.881. The number of fused-ring (bicyclic) bond motifs is 1. The van der Waals surface area contributed by atoms with Gasteiger partial charge in [-0.05, 0) is 24.3 Å². The van der Waals surface area contributed by atoms with Gasteiger partial charge in [-0.15, -0.1) is 11.3 Å². The molecule has 26 heavy (non-hydrogen) atoms. The third-order valence-electron chi connectivity index (χ3n) is 4.10. The molecule has 0 aliphatic carbocycles. The SMILES string of the molecule is O=C(N/N=C\c1ccc(N2CCOCC2)s1)[C@@H]1COc2ccccc2O1. The van der Waals surface area contributed by atoms with E-state index in [0.717, 1.165) is 31.2 Å². The second-order valence-corrected chi connectivity index (χ2v) is 6.97. The Morgan fingerprint density at radius 2 is 2.00 bits per heavy atom. The summed E-state index contributed by atoms with van der Waals surface area (Å²) < 4.78 is 16.6. The van der Waals surface area contributed by atoms with E-state index in [4.69, 9.17) is 14.2 Å². The van der Waals surface area contributed by atoms with Gasteiger partial charge in [0.15, 0.2) is 11.5 Å². The van der Waals surface area contributed by atoms with E-state index in [-0.39, 0.29) is 12.5 Å². The number of rotatable bonds is 4. The number of nitrogens with one attached hydrogen (secondary N) is 1. The molecular weight excluding hydrogens is 354 g/mol. The summed E-state index contributed by atoms with van der Waals surface area (Å²) in [6.45, 7) is 3.47. The van der Waals surface area contributed by atoms with Crippen LogP contribution in [0.3, 0.4) is 0 Å². The summed E-state index contributed by atoms with van der Waals surface area (Å²) in [4.78, 5) is 15.5. The maximum Gasteiger partial charge on any atom is 0.284 e. The summed E-state index contributed by atoms with van der Waals surface area (Å²) in [5, 5.41) is 5.22. The van der Waals surface area contributed by atoms with Crippen LogP contribution in [-0.4, -0.2) is 51.1 Å². The molecule has 0 unspecified atom stereocenters. The van der Waals surface area contributed by atoms with Crippen molar-refractivity contribution in [3.8, 4) is 11.5 Å². The molecule has 0 saturated carbocycles. The van der Waals surface area contributed by atoms with Gasteiger partial charge in [-0.2, -0.15) is 5.10 Å². The lowest BCUT2D eigenvalue weighted by Gasteiger charge is -2.27. The molecule has 0 bridgehead atoms. The summed E-state index contributed by atoms with van der Waals surface area (Å²) in [5.41, 5.74) is 2.52. The first-order valence-electron chi connectivity index (χ1n) is 8.43. The molecule has 136 valence electrons. The number of carbonyl (C=O) groups excluding carboxylic acids is 1. The normalized spacial score (nSPS) is 19.5. The number of benzene rings is 1. The Bertz CT molecular complexity index is 801. The van der Waals surface area contributed by atoms with Crippen molar-refractivity contribution in [2.24, 2.45) is 5.10 Å². The van der Waals surface area contributed by atoms with Crippen molar-refractivity contribution in [2.75, 3.05) is 37.8 Å². The van der Waals surface area contributed by atoms with Crippen LogP contribution >= 0.6 is 11.3 Å². The van der Waals surface area contributed by atoms with Gasteiger partial charge in [0, 0.05) is 18.0 Å². The van der Waals surface area contributed by atoms with Crippen molar-refractivity contribution < 1.29 is 19.0 Å². The largest absolute Gasteiger partial charge is 0.485 e. The molecule has 2 aliphatic rings. The molecule has 0 spiro atoms. The molecule has 1 amide bonds. The molecule has 1 saturated heterocycles. The first-order valence-corrected chi connectivity index (χ1v) is 9.25. The van der Waals surface area contributed by atoms with Crippen LogP contribution in [0.15, 0.2) is 41.5 Å². The number of hydrogen-bond donors (Lipinski definition) is 1. The Kier molecular flexibility index (Phi) is 5.03. The monoisotopic (exact) mass is 373 g/mol. The van der Waals surface area contributed by atoms with Crippen LogP contribution in [0.4, 0.5) is 5.00 Å². The predicted octanol–water partition coefficient (Wildman–Crippen LogP) is 1.87. The Morgan fingerprint density at radius 3 is 2.85 bits per heavy atom. The number of amides is 1. The van der Waals surface area contributed by atoms with Crippen molar-refractivity contribution in [1.29, 1.82) is 0 Å². The Hall–Kier alpha value is -2.58. The third kappa shape index (κ3) is 3.81. The quantitative estimate of drug-likeness (QED) is 0.654. The lowest BCUT2D eigenvalue weighted by molar-refractivity contribution is -0.130. The fraction of sp³-hybridized carbons (Fsp3) is 0.333. The summed E-state index contributed by atoms with van der Waals surface area (Å²) in [7, 11) is 0. The van der Waals surface area contributed by atoms with Gasteiger partial charge in [0.1, 0.15) is 6.61 Å². The minimum absolute atomic E-state index is 0.165. The van der Waals surface area contributed by atoms with Crippen molar-refractivity contribution in [3.05, 3.63) is 41.3 Å². The van der Waals surface area contributed by atoms with Crippen LogP contribution in [0.25, 0.3) is 0 Å². The number of ether oxygens (including phenoxy) is 3. The number of morpholine rings is 1. The van der Waals surface area contributed by atoms with Gasteiger partial charge >= 0.3 is 0 Å². The maximum atomic E-state index is 12.2. The fourth-order valence-corrected chi connectivity index (χ4v) is 3.68. The smallest absolute Gasteiger partial charge is 0.284 e. The highest BCUT2D eigenvalue weighted by Crippen LogP contribution is 2.30. The lowest BCUT2D eigenvalue weighted by atomic mass is 10.2. The number of carbonyl (C=O) groups is 1. The van der Waals surface area contributed by atoms with E-state index in [2.05, 4.69) is 21.5 Å². The van der Waals surface area contributed by atoms with Crippen LogP contribution in [0.2, 0.25) is 0 Å². The number of hydrazone groups is 1. The van der Waals surface area contributed by atoms with Crippen LogP contribution in [-0.2, 0) is 9.53 Å². The Balaban J connectivity index is 1.31. The molecule has 8 heteroatoms. The number of anilines is 1. The molecule has 7 nitrogen and oxygen atoms in total. The zero-order valence-corrected chi connectivity index (χ0v) is 14.9. The average molecular weight is 373 g/mol. The van der Waals surface area contributed by atoms with Gasteiger partial charge in [0.05, 0.1) is 24.4 Å². The number of nitrogens with zero attached hydrogens (tertiary/aromatic N) is 2. The molecule has 1 atom stereocenters. The number of thiophene rings is 1. The highest BCUT2D eigenvalue weighted by Gasteiger charge is 2.27. The zero-order chi connectivity index (χ0) is 17.8. The second kappa shape index (κ2) is 7.76. The minimum Gasteiger partial charge on any atom is -0.485 e. The molecule has 1 aromatic heterocycles. The average Bonchev–Trinajstić information content (AvgIpc) is 3.17. The van der Waals surface area contributed by atoms with Crippen molar-refractivity contribution in [3.63, 3.8) is 0 Å². The molecule has 1 aromatic carbocycles. The molecule has 2 aromatic rings. The summed E-state index contributed by atoms with van der Waals surface area (Å²) >= 11 is 1.63. The lowest BCUT2D eigenvalue weighted by Crippen LogP contribution is -2.42. The van der Waals surface area contributed by atoms with E-state index >= 15 is 0 Å². The van der Waals surface area contributed by atoms with E-state index in [0.29, 0.717) is 11.5 Å². The topological polar surface area (TPSA) is 72.4 Å². The molecule has 3 heterocycles. The van der Waals surface area contributed by atoms with Gasteiger partial charge in [0.2, 0.25) is 6.10 Å². The van der Waals surface area contributed by atoms with E-state index in [1.807, 2.05) is 24.3 Å². The highest BCUT2D eigenvalue weighted by atomic mass is 32.1. The summed E-state index contributed by atoms with van der Waals surface area (Å²) in [6.07, 6.45) is 0.929. The van der Waals surface area contributed by atoms with Gasteiger partial charge in [-0.1, -0.05) is 12.1 Å². The van der Waals surface area contributed by atoms with E-state index in [1.54, 1.807) is 23.6 Å². The van der Waals surface area contributed by atoms with E-state index < -0.39 is 6.10 Å². The zero-order valence-electron chi connectivity index (χ0n) is 14.1. The van der Waals surface area contributed by atoms with E-state index in [1.165, 1.54) is 5.00 Å². The van der Waals surface area contributed by atoms with Crippen molar-refractivity contribution >= 4 is 28.5 Å². The standard InChI is InChI=1S/C18H19N3O4S/c22-18(16-12-24-14-3-1-2-4-15(14)25-16)20-19-11-13-5-6-17(26-13)21-7-9-23-10-8-21/h1-6,11,16H,7-10,12H2,(H,20,22)/b19-11-/t16-/m0/s1. The fourth-order valence-electron chi connectivity index (χ4n) is 2.75. The first kappa shape index (κ1) is 16.9. The second-order valence-electron chi connectivity index (χ2n) is 5.87. The number of para-hydroxylation sites is 2. The number of hydrogen-bond acceptors (Lipinski definition) is 7. The molecule has 4 rings (SSSR count). The molecular formula is C18H19N3O4S. The molecule has 1 N–H and O–H groups in total. The van der Waals surface area contributed by atoms with Gasteiger partial charge in [0.25, 0.3) is 5.91 Å². The Morgan fingerprint density at radius 1 is 1.19 bits per heavy atom. The van der Waals surface area contributed by atoms with Gasteiger partial charge < -0.3 is 19.1 Å². The molecule has 2 aliphatic heterocycles. The third-order valence-corrected chi connectivity index (χ3v) is 5.18. The molecule has 1 fully saturated rings. The van der Waals surface area contributed by atoms with Crippen LogP contribution in [0.5, 0.6) is 11.5 Å². The maximum absolute atomic E-state index is 12.2. The van der Waals surface area contributed by atoms with Crippen LogP contribution < -0.4 is 19.8 Å². The van der Waals surface area contributed by atoms with Crippen molar-refractivity contribution in [1.82, 2.24) is 5.43 Å². The van der Waals surface area contributed by atoms with Crippen LogP contribution in [0.1, 0.15) is 4.88 Å². The van der Waals surface area contributed by atoms with Gasteiger partial charge in [-0.25, -0.2) is 5.43 Å².